The number of likely N-dealkylation sites (tertiary alicyclic amines) is 1. The first-order valence-electron chi connectivity index (χ1n) is 16.8. The van der Waals surface area contributed by atoms with Crippen LogP contribution >= 0.6 is 0 Å². The number of hydrogen-bond donors (Lipinski definition) is 4. The summed E-state index contributed by atoms with van der Waals surface area (Å²) in [6, 6.07) is 22.2. The maximum Gasteiger partial charge on any atom is 0.251 e. The molecular weight excluding hydrogens is 598 g/mol. The first-order valence-corrected chi connectivity index (χ1v) is 16.8. The molecule has 0 spiro atoms. The maximum absolute atomic E-state index is 13.5. The van der Waals surface area contributed by atoms with Gasteiger partial charge in [-0.25, -0.2) is 4.99 Å². The quantitative estimate of drug-likeness (QED) is 0.190. The molecule has 1 saturated carbocycles. The van der Waals surface area contributed by atoms with Crippen molar-refractivity contribution in [1.82, 2.24) is 20.9 Å². The van der Waals surface area contributed by atoms with Crippen LogP contribution in [0.3, 0.4) is 0 Å². The normalized spacial score (nSPS) is 23.1. The SMILES string of the molecule is C=C(NC)c1ccc2c(c1)CCc1cc(C(=O)NC)ccc1C2(C[C@H](C)NCC(=O)N1C(C#N)C[C@@H]2C[C@@H]21)C(N)=Nc1ccc(C)cc1. The topological polar surface area (TPSA) is 136 Å². The number of nitrogens with one attached hydrogen (secondary N) is 3. The molecule has 1 saturated heterocycles. The first kappa shape index (κ1) is 33.0. The highest BCUT2D eigenvalue weighted by Gasteiger charge is 2.54. The van der Waals surface area contributed by atoms with Gasteiger partial charge in [0, 0.05) is 37.4 Å². The van der Waals surface area contributed by atoms with Gasteiger partial charge in [0.05, 0.1) is 23.7 Å². The molecule has 9 heteroatoms. The Labute approximate surface area is 283 Å². The van der Waals surface area contributed by atoms with Crippen LogP contribution in [0.4, 0.5) is 5.69 Å². The van der Waals surface area contributed by atoms with E-state index in [-0.39, 0.29) is 36.5 Å². The molecule has 0 radical (unpaired) electrons. The van der Waals surface area contributed by atoms with E-state index in [9.17, 15) is 14.9 Å². The Morgan fingerprint density at radius 2 is 1.67 bits per heavy atom. The number of nitriles is 1. The molecule has 48 heavy (non-hydrogen) atoms. The lowest BCUT2D eigenvalue weighted by Crippen LogP contribution is -2.49. The Hall–Kier alpha value is -4.94. The van der Waals surface area contributed by atoms with E-state index in [4.69, 9.17) is 10.7 Å². The summed E-state index contributed by atoms with van der Waals surface area (Å²) in [5.74, 6) is 0.706. The lowest BCUT2D eigenvalue weighted by atomic mass is 9.67. The van der Waals surface area contributed by atoms with Crippen LogP contribution in [0.5, 0.6) is 0 Å². The van der Waals surface area contributed by atoms with Crippen LogP contribution in [-0.2, 0) is 23.1 Å². The van der Waals surface area contributed by atoms with E-state index in [1.807, 2.05) is 56.4 Å². The van der Waals surface area contributed by atoms with Gasteiger partial charge in [0.15, 0.2) is 0 Å². The predicted molar refractivity (Wildman–Crippen MR) is 190 cm³/mol. The molecular formula is C39H45N7O2. The van der Waals surface area contributed by atoms with Crippen molar-refractivity contribution in [2.45, 2.75) is 69.5 Å². The van der Waals surface area contributed by atoms with Crippen molar-refractivity contribution in [1.29, 1.82) is 5.26 Å². The Bertz CT molecular complexity index is 1760. The van der Waals surface area contributed by atoms with E-state index in [1.165, 1.54) is 0 Å². The van der Waals surface area contributed by atoms with Crippen molar-refractivity contribution >= 4 is 29.0 Å². The molecule has 2 amide bonds. The third-order valence-electron chi connectivity index (χ3n) is 10.4. The summed E-state index contributed by atoms with van der Waals surface area (Å²) in [5, 5.41) is 19.1. The van der Waals surface area contributed by atoms with Crippen molar-refractivity contribution < 1.29 is 9.59 Å². The zero-order valence-corrected chi connectivity index (χ0v) is 28.3. The Morgan fingerprint density at radius 3 is 2.29 bits per heavy atom. The molecule has 2 aliphatic carbocycles. The van der Waals surface area contributed by atoms with Gasteiger partial charge in [-0.3, -0.25) is 9.59 Å². The van der Waals surface area contributed by atoms with E-state index in [1.54, 1.807) is 11.9 Å². The smallest absolute Gasteiger partial charge is 0.251 e. The number of fused-ring (bicyclic) bond motifs is 3. The summed E-state index contributed by atoms with van der Waals surface area (Å²) >= 11 is 0. The number of nitrogens with zero attached hydrogens (tertiary/aromatic N) is 3. The van der Waals surface area contributed by atoms with Gasteiger partial charge in [-0.2, -0.15) is 5.26 Å². The number of aryl methyl sites for hydroxylation is 3. The predicted octanol–water partition coefficient (Wildman–Crippen LogP) is 4.50. The molecule has 1 heterocycles. The molecule has 248 valence electrons. The second kappa shape index (κ2) is 13.3. The highest BCUT2D eigenvalue weighted by Crippen LogP contribution is 2.48. The van der Waals surface area contributed by atoms with Crippen LogP contribution in [0.2, 0.25) is 0 Å². The van der Waals surface area contributed by atoms with E-state index in [0.29, 0.717) is 30.2 Å². The van der Waals surface area contributed by atoms with Gasteiger partial charge in [0.1, 0.15) is 11.9 Å². The van der Waals surface area contributed by atoms with Crippen LogP contribution in [0.15, 0.2) is 72.2 Å². The molecule has 2 fully saturated rings. The fourth-order valence-corrected chi connectivity index (χ4v) is 7.74. The number of carbonyl (C=O) groups excluding carboxylic acids is 2. The fraction of sp³-hybridized carbons (Fsp3) is 0.385. The molecule has 6 rings (SSSR count). The van der Waals surface area contributed by atoms with Gasteiger partial charge < -0.3 is 26.6 Å². The number of amides is 2. The third kappa shape index (κ3) is 6.09. The number of nitrogens with two attached hydrogens (primary N) is 1. The highest BCUT2D eigenvalue weighted by molar-refractivity contribution is 5.99. The summed E-state index contributed by atoms with van der Waals surface area (Å²) in [7, 11) is 3.50. The van der Waals surface area contributed by atoms with Crippen molar-refractivity contribution in [3.8, 4) is 6.07 Å². The Morgan fingerprint density at radius 1 is 1.02 bits per heavy atom. The first-order chi connectivity index (χ1) is 23.1. The van der Waals surface area contributed by atoms with Gasteiger partial charge >= 0.3 is 0 Å². The average molecular weight is 644 g/mol. The van der Waals surface area contributed by atoms with Crippen LogP contribution in [0, 0.1) is 24.2 Å². The Balaban J connectivity index is 1.46. The number of aliphatic imine (C=N–C) groups is 1. The van der Waals surface area contributed by atoms with Gasteiger partial charge in [0.2, 0.25) is 5.91 Å². The molecule has 0 aromatic heterocycles. The standard InChI is InChI=1S/C39H45N7O2/c1-23-6-12-31(13-7-23)45-38(41)39(20-24(2)44-22-36(47)46-32(21-40)18-30-19-35(30)46)33-14-10-26(25(3)42-4)16-27(33)8-9-28-17-29(37(48)43-5)11-15-34(28)39/h6-7,10-17,24,30,32,35,42,44H,3,8-9,18-20,22H2,1-2,4-5H3,(H2,41,45)(H,43,48)/t24-,30+,32?,35-,39?/m0/s1. The number of rotatable bonds is 10. The van der Waals surface area contributed by atoms with Gasteiger partial charge in [-0.05, 0) is 110 Å². The van der Waals surface area contributed by atoms with Crippen LogP contribution in [0.25, 0.3) is 5.70 Å². The van der Waals surface area contributed by atoms with Crippen molar-refractivity contribution in [2.24, 2.45) is 16.6 Å². The van der Waals surface area contributed by atoms with E-state index < -0.39 is 5.41 Å². The highest BCUT2D eigenvalue weighted by atomic mass is 16.2. The molecule has 2 unspecified atom stereocenters. The lowest BCUT2D eigenvalue weighted by molar-refractivity contribution is -0.131. The minimum absolute atomic E-state index is 0.0409. The van der Waals surface area contributed by atoms with E-state index in [0.717, 1.165) is 64.0 Å². The molecule has 3 aliphatic rings. The van der Waals surface area contributed by atoms with Crippen LogP contribution in [0.1, 0.15) is 69.9 Å². The average Bonchev–Trinajstić information content (AvgIpc) is 3.79. The fourth-order valence-electron chi connectivity index (χ4n) is 7.74. The monoisotopic (exact) mass is 643 g/mol. The number of benzene rings is 3. The molecule has 3 aromatic rings. The Kier molecular flexibility index (Phi) is 9.13. The summed E-state index contributed by atoms with van der Waals surface area (Å²) in [6.45, 7) is 8.44. The summed E-state index contributed by atoms with van der Waals surface area (Å²) in [5.41, 5.74) is 14.8. The zero-order valence-electron chi connectivity index (χ0n) is 28.3. The number of carbonyl (C=O) groups is 2. The zero-order chi connectivity index (χ0) is 34.2. The molecule has 0 bridgehead atoms. The van der Waals surface area contributed by atoms with Gasteiger partial charge in [0.25, 0.3) is 5.91 Å². The third-order valence-corrected chi connectivity index (χ3v) is 10.4. The summed E-state index contributed by atoms with van der Waals surface area (Å²) < 4.78 is 0. The number of piperidine rings is 1. The summed E-state index contributed by atoms with van der Waals surface area (Å²) in [6.07, 6.45) is 3.70. The lowest BCUT2D eigenvalue weighted by Gasteiger charge is -2.39. The van der Waals surface area contributed by atoms with Crippen molar-refractivity contribution in [3.05, 3.63) is 106 Å². The number of hydrogen-bond acceptors (Lipinski definition) is 6. The van der Waals surface area contributed by atoms with Gasteiger partial charge in [-0.1, -0.05) is 42.5 Å². The molecule has 1 aliphatic heterocycles. The second-order valence-corrected chi connectivity index (χ2v) is 13.5. The molecule has 5 atom stereocenters. The van der Waals surface area contributed by atoms with Crippen molar-refractivity contribution in [3.63, 3.8) is 0 Å². The largest absolute Gasteiger partial charge is 0.388 e. The molecule has 3 aromatic carbocycles. The second-order valence-electron chi connectivity index (χ2n) is 13.5. The van der Waals surface area contributed by atoms with Crippen LogP contribution < -0.4 is 21.7 Å². The van der Waals surface area contributed by atoms with E-state index in [2.05, 4.69) is 53.7 Å². The van der Waals surface area contributed by atoms with Crippen molar-refractivity contribution in [2.75, 3.05) is 20.6 Å². The van der Waals surface area contributed by atoms with Crippen LogP contribution in [-0.4, -0.2) is 61.3 Å². The minimum Gasteiger partial charge on any atom is -0.388 e. The molecule has 5 N–H and O–H groups in total. The van der Waals surface area contributed by atoms with E-state index >= 15 is 0 Å². The molecule has 9 nitrogen and oxygen atoms in total. The van der Waals surface area contributed by atoms with Gasteiger partial charge in [-0.15, -0.1) is 0 Å². The number of amidine groups is 1. The summed E-state index contributed by atoms with van der Waals surface area (Å²) in [4.78, 5) is 33.1. The minimum atomic E-state index is -0.896. The maximum atomic E-state index is 13.5.